The highest BCUT2D eigenvalue weighted by Gasteiger charge is 2.32. The predicted octanol–water partition coefficient (Wildman–Crippen LogP) is 2.33. The second-order valence-corrected chi connectivity index (χ2v) is 6.77. The van der Waals surface area contributed by atoms with E-state index in [2.05, 4.69) is 17.0 Å². The summed E-state index contributed by atoms with van der Waals surface area (Å²) in [4.78, 5) is 16.4. The fourth-order valence-corrected chi connectivity index (χ4v) is 3.82. The number of carbonyl (C=O) groups excluding carboxylic acids is 1. The number of para-hydroxylation sites is 1. The van der Waals surface area contributed by atoms with Gasteiger partial charge in [-0.05, 0) is 24.8 Å². The van der Waals surface area contributed by atoms with Crippen molar-refractivity contribution in [1.82, 2.24) is 9.80 Å². The largest absolute Gasteiger partial charge is 0.496 e. The third-order valence-corrected chi connectivity index (χ3v) is 5.27. The van der Waals surface area contributed by atoms with Crippen LogP contribution in [0, 0.1) is 5.92 Å². The summed E-state index contributed by atoms with van der Waals surface area (Å²) in [6, 6.07) is 8.38. The van der Waals surface area contributed by atoms with Crippen molar-refractivity contribution in [2.75, 3.05) is 46.5 Å². The summed E-state index contributed by atoms with van der Waals surface area (Å²) in [6.45, 7) is 6.93. The maximum Gasteiger partial charge on any atom is 0.219 e. The number of benzene rings is 1. The van der Waals surface area contributed by atoms with Crippen molar-refractivity contribution < 1.29 is 14.3 Å². The molecule has 0 aromatic heterocycles. The van der Waals surface area contributed by atoms with E-state index in [0.29, 0.717) is 5.92 Å². The molecule has 2 heterocycles. The van der Waals surface area contributed by atoms with Crippen molar-refractivity contribution in [2.24, 2.45) is 5.92 Å². The van der Waals surface area contributed by atoms with Crippen molar-refractivity contribution in [1.29, 1.82) is 0 Å². The number of methoxy groups -OCH3 is 1. The van der Waals surface area contributed by atoms with Crippen LogP contribution in [0.4, 0.5) is 0 Å². The minimum Gasteiger partial charge on any atom is -0.496 e. The molecule has 24 heavy (non-hydrogen) atoms. The van der Waals surface area contributed by atoms with Crippen LogP contribution in [-0.2, 0) is 9.53 Å². The zero-order valence-corrected chi connectivity index (χ0v) is 14.7. The number of amides is 1. The quantitative estimate of drug-likeness (QED) is 0.849. The van der Waals surface area contributed by atoms with Crippen LogP contribution in [0.15, 0.2) is 24.3 Å². The predicted molar refractivity (Wildman–Crippen MR) is 93.1 cm³/mol. The lowest BCUT2D eigenvalue weighted by Crippen LogP contribution is -2.51. The molecule has 5 nitrogen and oxygen atoms in total. The lowest BCUT2D eigenvalue weighted by Gasteiger charge is -2.43. The van der Waals surface area contributed by atoms with Crippen LogP contribution < -0.4 is 4.74 Å². The van der Waals surface area contributed by atoms with Crippen LogP contribution in [0.25, 0.3) is 0 Å². The Balaban J connectivity index is 1.81. The van der Waals surface area contributed by atoms with Crippen molar-refractivity contribution in [3.05, 3.63) is 29.8 Å². The number of hydrogen-bond donors (Lipinski definition) is 0. The van der Waals surface area contributed by atoms with Crippen LogP contribution >= 0.6 is 0 Å². The Morgan fingerprint density at radius 2 is 2.00 bits per heavy atom. The van der Waals surface area contributed by atoms with E-state index in [0.717, 1.165) is 58.0 Å². The standard InChI is InChI=1S/C19H28N2O3/c1-15(22)20-9-10-21(13-16-7-11-24-12-8-16)18(14-20)17-5-3-4-6-19(17)23-2/h3-6,16,18H,7-14H2,1-2H3/t18-/m1/s1. The van der Waals surface area contributed by atoms with Gasteiger partial charge in [0.15, 0.2) is 0 Å². The lowest BCUT2D eigenvalue weighted by atomic mass is 9.95. The Morgan fingerprint density at radius 3 is 2.71 bits per heavy atom. The Morgan fingerprint density at radius 1 is 1.25 bits per heavy atom. The van der Waals surface area contributed by atoms with E-state index in [9.17, 15) is 4.79 Å². The average molecular weight is 332 g/mol. The fourth-order valence-electron chi connectivity index (χ4n) is 3.82. The Kier molecular flexibility index (Phi) is 5.74. The van der Waals surface area contributed by atoms with Gasteiger partial charge in [0.05, 0.1) is 13.2 Å². The minimum atomic E-state index is 0.153. The summed E-state index contributed by atoms with van der Waals surface area (Å²) >= 11 is 0. The van der Waals surface area contributed by atoms with E-state index < -0.39 is 0 Å². The van der Waals surface area contributed by atoms with Gasteiger partial charge in [-0.25, -0.2) is 0 Å². The van der Waals surface area contributed by atoms with Gasteiger partial charge in [-0.3, -0.25) is 9.69 Å². The van der Waals surface area contributed by atoms with Crippen molar-refractivity contribution in [3.63, 3.8) is 0 Å². The molecule has 1 aromatic rings. The first-order valence-corrected chi connectivity index (χ1v) is 8.89. The zero-order chi connectivity index (χ0) is 16.9. The molecule has 0 bridgehead atoms. The van der Waals surface area contributed by atoms with Crippen LogP contribution in [0.2, 0.25) is 0 Å². The maximum absolute atomic E-state index is 11.9. The molecule has 0 unspecified atom stereocenters. The molecule has 132 valence electrons. The van der Waals surface area contributed by atoms with E-state index in [1.807, 2.05) is 17.0 Å². The molecule has 2 fully saturated rings. The summed E-state index contributed by atoms with van der Waals surface area (Å²) < 4.78 is 11.1. The number of hydrogen-bond acceptors (Lipinski definition) is 4. The van der Waals surface area contributed by atoms with E-state index in [1.165, 1.54) is 5.56 Å². The Labute approximate surface area is 144 Å². The summed E-state index contributed by atoms with van der Waals surface area (Å²) in [6.07, 6.45) is 2.26. The molecule has 2 aliphatic rings. The molecule has 0 N–H and O–H groups in total. The first-order chi connectivity index (χ1) is 11.7. The van der Waals surface area contributed by atoms with Crippen LogP contribution in [0.5, 0.6) is 5.75 Å². The van der Waals surface area contributed by atoms with Gasteiger partial charge >= 0.3 is 0 Å². The number of piperazine rings is 1. The highest BCUT2D eigenvalue weighted by molar-refractivity contribution is 5.73. The number of carbonyl (C=O) groups is 1. The third-order valence-electron chi connectivity index (χ3n) is 5.27. The number of nitrogens with zero attached hydrogens (tertiary/aromatic N) is 2. The zero-order valence-electron chi connectivity index (χ0n) is 14.7. The first-order valence-electron chi connectivity index (χ1n) is 8.89. The van der Waals surface area contributed by atoms with Gasteiger partial charge in [0.2, 0.25) is 5.91 Å². The molecule has 1 aromatic carbocycles. The van der Waals surface area contributed by atoms with E-state index >= 15 is 0 Å². The molecular formula is C19H28N2O3. The number of rotatable bonds is 4. The molecule has 5 heteroatoms. The van der Waals surface area contributed by atoms with Crippen LogP contribution in [0.1, 0.15) is 31.4 Å². The van der Waals surface area contributed by atoms with Gasteiger partial charge in [-0.15, -0.1) is 0 Å². The van der Waals surface area contributed by atoms with Gasteiger partial charge < -0.3 is 14.4 Å². The van der Waals surface area contributed by atoms with Gasteiger partial charge in [-0.1, -0.05) is 18.2 Å². The molecular weight excluding hydrogens is 304 g/mol. The monoisotopic (exact) mass is 332 g/mol. The van der Waals surface area contributed by atoms with E-state index in [1.54, 1.807) is 14.0 Å². The highest BCUT2D eigenvalue weighted by Crippen LogP contribution is 2.33. The van der Waals surface area contributed by atoms with Gasteiger partial charge in [0.1, 0.15) is 5.75 Å². The molecule has 3 rings (SSSR count). The first kappa shape index (κ1) is 17.2. The molecule has 0 radical (unpaired) electrons. The van der Waals surface area contributed by atoms with Crippen molar-refractivity contribution in [3.8, 4) is 5.75 Å². The second kappa shape index (κ2) is 7.99. The third kappa shape index (κ3) is 3.90. The normalized spacial score (nSPS) is 23.2. The maximum atomic E-state index is 11.9. The summed E-state index contributed by atoms with van der Waals surface area (Å²) in [5, 5.41) is 0. The summed E-state index contributed by atoms with van der Waals surface area (Å²) in [5.41, 5.74) is 1.18. The van der Waals surface area contributed by atoms with Crippen LogP contribution in [-0.4, -0.2) is 62.2 Å². The average Bonchev–Trinajstić information content (AvgIpc) is 2.62. The van der Waals surface area contributed by atoms with Gasteiger partial charge in [0.25, 0.3) is 0 Å². The number of ether oxygens (including phenoxy) is 2. The van der Waals surface area contributed by atoms with Crippen molar-refractivity contribution in [2.45, 2.75) is 25.8 Å². The smallest absolute Gasteiger partial charge is 0.219 e. The van der Waals surface area contributed by atoms with Gasteiger partial charge in [0, 0.05) is 51.9 Å². The molecule has 1 amide bonds. The SMILES string of the molecule is COc1ccccc1[C@H]1CN(C(C)=O)CCN1CC1CCOCC1. The highest BCUT2D eigenvalue weighted by atomic mass is 16.5. The van der Waals surface area contributed by atoms with Crippen LogP contribution in [0.3, 0.4) is 0 Å². The molecule has 1 atom stereocenters. The van der Waals surface area contributed by atoms with E-state index in [-0.39, 0.29) is 11.9 Å². The van der Waals surface area contributed by atoms with E-state index in [4.69, 9.17) is 9.47 Å². The second-order valence-electron chi connectivity index (χ2n) is 6.77. The molecule has 0 spiro atoms. The minimum absolute atomic E-state index is 0.153. The lowest BCUT2D eigenvalue weighted by molar-refractivity contribution is -0.132. The van der Waals surface area contributed by atoms with Gasteiger partial charge in [-0.2, -0.15) is 0 Å². The topological polar surface area (TPSA) is 42.0 Å². The molecule has 2 aliphatic heterocycles. The van der Waals surface area contributed by atoms with Crippen molar-refractivity contribution >= 4 is 5.91 Å². The molecule has 0 saturated carbocycles. The molecule has 2 saturated heterocycles. The Bertz CT molecular complexity index is 557. The Hall–Kier alpha value is -1.59. The summed E-state index contributed by atoms with van der Waals surface area (Å²) in [5.74, 6) is 1.74. The summed E-state index contributed by atoms with van der Waals surface area (Å²) in [7, 11) is 1.72. The fraction of sp³-hybridized carbons (Fsp3) is 0.632. The molecule has 0 aliphatic carbocycles.